The molecule has 0 saturated carbocycles. The minimum atomic E-state index is -0.255. The van der Waals surface area contributed by atoms with Crippen LogP contribution >= 0.6 is 0 Å². The van der Waals surface area contributed by atoms with Crippen molar-refractivity contribution in [3.63, 3.8) is 0 Å². The number of amides is 1. The second-order valence-corrected chi connectivity index (χ2v) is 9.25. The minimum absolute atomic E-state index is 0.226. The van der Waals surface area contributed by atoms with Crippen LogP contribution in [-0.4, -0.2) is 33.9 Å². The topological polar surface area (TPSA) is 49.0 Å². The normalized spacial score (nSPS) is 14.6. The first-order valence-electron chi connectivity index (χ1n) is 12.2. The Hall–Kier alpha value is -3.47. The Bertz CT molecular complexity index is 1240. The minimum Gasteiger partial charge on any atom is -0.353 e. The van der Waals surface area contributed by atoms with Crippen molar-refractivity contribution in [1.82, 2.24) is 14.9 Å². The first-order valence-corrected chi connectivity index (χ1v) is 12.2. The lowest BCUT2D eigenvalue weighted by molar-refractivity contribution is -0.132. The van der Waals surface area contributed by atoms with Crippen molar-refractivity contribution in [3.05, 3.63) is 89.9 Å². The fourth-order valence-electron chi connectivity index (χ4n) is 5.12. The van der Waals surface area contributed by atoms with Gasteiger partial charge in [-0.25, -0.2) is 4.39 Å². The van der Waals surface area contributed by atoms with E-state index in [1.54, 1.807) is 18.3 Å². The standard InChI is InChI=1S/C29H30FN3O/c30-23-12-13-26-25(20-23)24(29(32-26)27-10-4-5-16-31-27)9-6-11-28(34)33-17-14-22(15-18-33)19-21-7-2-1-3-8-21/h1-5,7-8,10,12-13,16,20,22,32H,6,9,11,14-15,17-19H2. The Balaban J connectivity index is 1.20. The van der Waals surface area contributed by atoms with Gasteiger partial charge in [-0.2, -0.15) is 0 Å². The monoisotopic (exact) mass is 455 g/mol. The smallest absolute Gasteiger partial charge is 0.222 e. The van der Waals surface area contributed by atoms with Gasteiger partial charge in [0.1, 0.15) is 5.82 Å². The van der Waals surface area contributed by atoms with Gasteiger partial charge in [-0.05, 0) is 79.5 Å². The van der Waals surface area contributed by atoms with Crippen LogP contribution in [0.25, 0.3) is 22.3 Å². The van der Waals surface area contributed by atoms with Gasteiger partial charge in [0, 0.05) is 36.6 Å². The summed E-state index contributed by atoms with van der Waals surface area (Å²) >= 11 is 0. The number of likely N-dealkylation sites (tertiary alicyclic amines) is 1. The first kappa shape index (κ1) is 22.3. The van der Waals surface area contributed by atoms with Crippen LogP contribution < -0.4 is 0 Å². The molecule has 5 rings (SSSR count). The number of halogens is 1. The summed E-state index contributed by atoms with van der Waals surface area (Å²) in [5.74, 6) is 0.617. The number of aromatic amines is 1. The summed E-state index contributed by atoms with van der Waals surface area (Å²) < 4.78 is 14.0. The van der Waals surface area contributed by atoms with Gasteiger partial charge in [-0.3, -0.25) is 9.78 Å². The quantitative estimate of drug-likeness (QED) is 0.362. The third kappa shape index (κ3) is 5.04. The van der Waals surface area contributed by atoms with Crippen LogP contribution in [0.2, 0.25) is 0 Å². The molecule has 2 aromatic heterocycles. The number of pyridine rings is 1. The number of H-pyrrole nitrogens is 1. The zero-order valence-corrected chi connectivity index (χ0v) is 19.3. The van der Waals surface area contributed by atoms with E-state index in [9.17, 15) is 9.18 Å². The van der Waals surface area contributed by atoms with Crippen molar-refractivity contribution in [2.45, 2.75) is 38.5 Å². The Labute approximate surface area is 199 Å². The second-order valence-electron chi connectivity index (χ2n) is 9.25. The molecule has 0 unspecified atom stereocenters. The molecule has 34 heavy (non-hydrogen) atoms. The highest BCUT2D eigenvalue weighted by molar-refractivity contribution is 5.90. The average molecular weight is 456 g/mol. The van der Waals surface area contributed by atoms with Crippen molar-refractivity contribution in [2.24, 2.45) is 5.92 Å². The molecule has 3 heterocycles. The van der Waals surface area contributed by atoms with E-state index in [0.717, 1.165) is 66.6 Å². The summed E-state index contributed by atoms with van der Waals surface area (Å²) in [4.78, 5) is 22.8. The number of piperidine rings is 1. The number of aromatic nitrogens is 2. The van der Waals surface area contributed by atoms with E-state index in [1.165, 1.54) is 11.6 Å². The summed E-state index contributed by atoms with van der Waals surface area (Å²) in [6.07, 6.45) is 6.91. The maximum Gasteiger partial charge on any atom is 0.222 e. The van der Waals surface area contributed by atoms with Crippen molar-refractivity contribution in [3.8, 4) is 11.4 Å². The molecule has 1 fully saturated rings. The highest BCUT2D eigenvalue weighted by Gasteiger charge is 2.23. The summed E-state index contributed by atoms with van der Waals surface area (Å²) in [5.41, 5.74) is 5.05. The van der Waals surface area contributed by atoms with E-state index in [-0.39, 0.29) is 11.7 Å². The Morgan fingerprint density at radius 1 is 1.03 bits per heavy atom. The second kappa shape index (κ2) is 10.2. The molecule has 1 aliphatic rings. The molecule has 0 radical (unpaired) electrons. The lowest BCUT2D eigenvalue weighted by Gasteiger charge is -2.32. The van der Waals surface area contributed by atoms with E-state index >= 15 is 0 Å². The number of aryl methyl sites for hydroxylation is 1. The summed E-state index contributed by atoms with van der Waals surface area (Å²) in [6.45, 7) is 1.68. The van der Waals surface area contributed by atoms with E-state index in [2.05, 4.69) is 40.3 Å². The van der Waals surface area contributed by atoms with Crippen molar-refractivity contribution in [1.29, 1.82) is 0 Å². The maximum absolute atomic E-state index is 14.0. The molecule has 1 N–H and O–H groups in total. The molecule has 1 aliphatic heterocycles. The zero-order chi connectivity index (χ0) is 23.3. The third-order valence-electron chi connectivity index (χ3n) is 6.94. The molecular weight excluding hydrogens is 425 g/mol. The number of carbonyl (C=O) groups excluding carboxylic acids is 1. The molecule has 1 saturated heterocycles. The number of carbonyl (C=O) groups is 1. The van der Waals surface area contributed by atoms with Gasteiger partial charge >= 0.3 is 0 Å². The lowest BCUT2D eigenvalue weighted by Crippen LogP contribution is -2.38. The number of rotatable bonds is 7. The van der Waals surface area contributed by atoms with Gasteiger partial charge in [0.25, 0.3) is 0 Å². The van der Waals surface area contributed by atoms with Crippen LogP contribution in [0.15, 0.2) is 72.9 Å². The van der Waals surface area contributed by atoms with Gasteiger partial charge in [-0.1, -0.05) is 36.4 Å². The molecular formula is C29H30FN3O. The Morgan fingerprint density at radius 2 is 1.82 bits per heavy atom. The van der Waals surface area contributed by atoms with Gasteiger partial charge < -0.3 is 9.88 Å². The van der Waals surface area contributed by atoms with E-state index in [0.29, 0.717) is 18.8 Å². The predicted octanol–water partition coefficient (Wildman–Crippen LogP) is 6.17. The number of nitrogens with one attached hydrogen (secondary N) is 1. The van der Waals surface area contributed by atoms with E-state index in [4.69, 9.17) is 0 Å². The molecule has 5 heteroatoms. The van der Waals surface area contributed by atoms with Crippen LogP contribution in [0.1, 0.15) is 36.8 Å². The first-order chi connectivity index (χ1) is 16.7. The van der Waals surface area contributed by atoms with Crippen molar-refractivity contribution in [2.75, 3.05) is 13.1 Å². The maximum atomic E-state index is 14.0. The van der Waals surface area contributed by atoms with E-state index < -0.39 is 0 Å². The van der Waals surface area contributed by atoms with Gasteiger partial charge in [0.2, 0.25) is 5.91 Å². The Kier molecular flexibility index (Phi) is 6.70. The van der Waals surface area contributed by atoms with Crippen molar-refractivity contribution >= 4 is 16.8 Å². The number of nitrogens with zero attached hydrogens (tertiary/aromatic N) is 2. The number of hydrogen-bond donors (Lipinski definition) is 1. The molecule has 4 aromatic rings. The van der Waals surface area contributed by atoms with Gasteiger partial charge in [0.05, 0.1) is 11.4 Å². The highest BCUT2D eigenvalue weighted by atomic mass is 19.1. The summed E-state index contributed by atoms with van der Waals surface area (Å²) in [6, 6.07) is 21.2. The number of hydrogen-bond acceptors (Lipinski definition) is 2. The lowest BCUT2D eigenvalue weighted by atomic mass is 9.90. The molecule has 174 valence electrons. The van der Waals surface area contributed by atoms with Crippen molar-refractivity contribution < 1.29 is 9.18 Å². The fourth-order valence-corrected chi connectivity index (χ4v) is 5.12. The molecule has 1 amide bonds. The van der Waals surface area contributed by atoms with Crippen LogP contribution in [0.4, 0.5) is 4.39 Å². The predicted molar refractivity (Wildman–Crippen MR) is 134 cm³/mol. The van der Waals surface area contributed by atoms with Crippen LogP contribution in [-0.2, 0) is 17.6 Å². The van der Waals surface area contributed by atoms with Crippen LogP contribution in [0.5, 0.6) is 0 Å². The highest BCUT2D eigenvalue weighted by Crippen LogP contribution is 2.31. The third-order valence-corrected chi connectivity index (χ3v) is 6.94. The molecule has 0 aliphatic carbocycles. The molecule has 2 aromatic carbocycles. The molecule has 4 nitrogen and oxygen atoms in total. The number of fused-ring (bicyclic) bond motifs is 1. The van der Waals surface area contributed by atoms with Crippen LogP contribution in [0.3, 0.4) is 0 Å². The van der Waals surface area contributed by atoms with E-state index in [1.807, 2.05) is 23.1 Å². The average Bonchev–Trinajstić information content (AvgIpc) is 3.23. The fraction of sp³-hybridized carbons (Fsp3) is 0.310. The SMILES string of the molecule is O=C(CCCc1c(-c2ccccn2)[nH]c2ccc(F)cc12)N1CCC(Cc2ccccc2)CC1. The Morgan fingerprint density at radius 3 is 2.59 bits per heavy atom. The van der Waals surface area contributed by atoms with Gasteiger partial charge in [-0.15, -0.1) is 0 Å². The summed E-state index contributed by atoms with van der Waals surface area (Å²) in [7, 11) is 0. The van der Waals surface area contributed by atoms with Crippen LogP contribution in [0, 0.1) is 11.7 Å². The molecule has 0 atom stereocenters. The largest absolute Gasteiger partial charge is 0.353 e. The van der Waals surface area contributed by atoms with Gasteiger partial charge in [0.15, 0.2) is 0 Å². The molecule has 0 bridgehead atoms. The summed E-state index contributed by atoms with van der Waals surface area (Å²) in [5, 5.41) is 0.870. The molecule has 0 spiro atoms. The zero-order valence-electron chi connectivity index (χ0n) is 19.3. The number of benzene rings is 2.